The maximum Gasteiger partial charge on any atom is 0.0997 e. The molecule has 0 atom stereocenters. The number of aromatic nitrogens is 2. The number of hydrogen-bond acceptors (Lipinski definition) is 2. The molecule has 96 valence electrons. The Labute approximate surface area is 109 Å². The third kappa shape index (κ3) is 2.46. The van der Waals surface area contributed by atoms with Crippen LogP contribution >= 0.6 is 0 Å². The van der Waals surface area contributed by atoms with Gasteiger partial charge in [0.1, 0.15) is 0 Å². The fraction of sp³-hybridized carbons (Fsp3) is 0.400. The summed E-state index contributed by atoms with van der Waals surface area (Å²) < 4.78 is 2.17. The number of benzene rings is 1. The molecule has 0 unspecified atom stereocenters. The number of nitrogens with zero attached hydrogens (tertiary/aromatic N) is 2. The molecule has 0 saturated carbocycles. The summed E-state index contributed by atoms with van der Waals surface area (Å²) in [5, 5.41) is 3.39. The molecule has 1 aromatic heterocycles. The Morgan fingerprint density at radius 1 is 1.22 bits per heavy atom. The highest BCUT2D eigenvalue weighted by Gasteiger charge is 2.08. The molecule has 2 rings (SSSR count). The zero-order chi connectivity index (χ0) is 13.1. The fourth-order valence-corrected chi connectivity index (χ4v) is 2.09. The molecule has 1 aromatic carbocycles. The highest BCUT2D eigenvalue weighted by atomic mass is 15.1. The van der Waals surface area contributed by atoms with Crippen LogP contribution in [0.1, 0.15) is 29.4 Å². The van der Waals surface area contributed by atoms with Gasteiger partial charge in [-0.2, -0.15) is 0 Å². The van der Waals surface area contributed by atoms with E-state index in [2.05, 4.69) is 53.8 Å². The lowest BCUT2D eigenvalue weighted by Gasteiger charge is -2.13. The molecule has 0 aliphatic heterocycles. The maximum absolute atomic E-state index is 4.38. The van der Waals surface area contributed by atoms with Gasteiger partial charge >= 0.3 is 0 Å². The average Bonchev–Trinajstić information content (AvgIpc) is 2.68. The van der Waals surface area contributed by atoms with Crippen LogP contribution in [-0.2, 0) is 6.54 Å². The first kappa shape index (κ1) is 12.8. The molecule has 0 amide bonds. The minimum absolute atomic E-state index is 0.893. The van der Waals surface area contributed by atoms with Crippen molar-refractivity contribution in [3.8, 4) is 5.69 Å². The first-order valence-electron chi connectivity index (χ1n) is 6.44. The Bertz CT molecular complexity index is 541. The zero-order valence-electron chi connectivity index (χ0n) is 11.6. The predicted molar refractivity (Wildman–Crippen MR) is 75.2 cm³/mol. The van der Waals surface area contributed by atoms with Crippen LogP contribution in [0.2, 0.25) is 0 Å². The van der Waals surface area contributed by atoms with E-state index in [1.165, 1.54) is 22.5 Å². The van der Waals surface area contributed by atoms with E-state index < -0.39 is 0 Å². The molecule has 0 saturated heterocycles. The topological polar surface area (TPSA) is 29.9 Å². The van der Waals surface area contributed by atoms with Crippen molar-refractivity contribution in [1.82, 2.24) is 14.9 Å². The first-order valence-corrected chi connectivity index (χ1v) is 6.44. The van der Waals surface area contributed by atoms with E-state index in [1.807, 2.05) is 13.3 Å². The maximum atomic E-state index is 4.38. The summed E-state index contributed by atoms with van der Waals surface area (Å²) >= 11 is 0. The average molecular weight is 243 g/mol. The standard InChI is InChI=1S/C15H21N3/c1-5-16-9-14-8-11(2)6-7-15(14)18-10-17-12(3)13(18)4/h6-8,10,16H,5,9H2,1-4H3. The van der Waals surface area contributed by atoms with Crippen molar-refractivity contribution < 1.29 is 0 Å². The molecular weight excluding hydrogens is 222 g/mol. The van der Waals surface area contributed by atoms with Gasteiger partial charge in [-0.05, 0) is 38.9 Å². The van der Waals surface area contributed by atoms with E-state index >= 15 is 0 Å². The van der Waals surface area contributed by atoms with E-state index in [0.717, 1.165) is 18.8 Å². The Kier molecular flexibility index (Phi) is 3.82. The molecule has 0 fully saturated rings. The van der Waals surface area contributed by atoms with Gasteiger partial charge in [-0.1, -0.05) is 24.6 Å². The van der Waals surface area contributed by atoms with Gasteiger partial charge in [-0.15, -0.1) is 0 Å². The van der Waals surface area contributed by atoms with Crippen LogP contribution in [0.4, 0.5) is 0 Å². The quantitative estimate of drug-likeness (QED) is 0.895. The second kappa shape index (κ2) is 5.36. The summed E-state index contributed by atoms with van der Waals surface area (Å²) in [5.74, 6) is 0. The number of imidazole rings is 1. The largest absolute Gasteiger partial charge is 0.313 e. The monoisotopic (exact) mass is 243 g/mol. The Morgan fingerprint density at radius 3 is 2.61 bits per heavy atom. The molecule has 1 heterocycles. The molecule has 0 spiro atoms. The van der Waals surface area contributed by atoms with Gasteiger partial charge in [0.05, 0.1) is 17.7 Å². The fourth-order valence-electron chi connectivity index (χ4n) is 2.09. The van der Waals surface area contributed by atoms with E-state index in [-0.39, 0.29) is 0 Å². The Hall–Kier alpha value is -1.61. The molecular formula is C15H21N3. The van der Waals surface area contributed by atoms with Crippen molar-refractivity contribution in [3.05, 3.63) is 47.0 Å². The minimum atomic E-state index is 0.893. The molecule has 0 aliphatic carbocycles. The van der Waals surface area contributed by atoms with Crippen LogP contribution in [0.5, 0.6) is 0 Å². The summed E-state index contributed by atoms with van der Waals surface area (Å²) in [6, 6.07) is 6.57. The number of rotatable bonds is 4. The normalized spacial score (nSPS) is 10.9. The lowest BCUT2D eigenvalue weighted by molar-refractivity contribution is 0.721. The van der Waals surface area contributed by atoms with Crippen molar-refractivity contribution in [3.63, 3.8) is 0 Å². The van der Waals surface area contributed by atoms with Crippen LogP contribution in [-0.4, -0.2) is 16.1 Å². The van der Waals surface area contributed by atoms with Gasteiger partial charge in [0.2, 0.25) is 0 Å². The Balaban J connectivity index is 2.46. The first-order chi connectivity index (χ1) is 8.63. The molecule has 2 aromatic rings. The van der Waals surface area contributed by atoms with Crippen molar-refractivity contribution in [1.29, 1.82) is 0 Å². The van der Waals surface area contributed by atoms with Gasteiger partial charge in [-0.3, -0.25) is 0 Å². The van der Waals surface area contributed by atoms with Crippen LogP contribution in [0.25, 0.3) is 5.69 Å². The van der Waals surface area contributed by atoms with Crippen molar-refractivity contribution in [2.24, 2.45) is 0 Å². The van der Waals surface area contributed by atoms with Gasteiger partial charge in [0, 0.05) is 12.2 Å². The molecule has 0 bridgehead atoms. The summed E-state index contributed by atoms with van der Waals surface area (Å²) in [5.41, 5.74) is 6.12. The second-order valence-corrected chi connectivity index (χ2v) is 4.70. The summed E-state index contributed by atoms with van der Waals surface area (Å²) in [7, 11) is 0. The molecule has 0 aliphatic rings. The van der Waals surface area contributed by atoms with Crippen LogP contribution < -0.4 is 5.32 Å². The van der Waals surface area contributed by atoms with Gasteiger partial charge in [-0.25, -0.2) is 4.98 Å². The van der Waals surface area contributed by atoms with Crippen molar-refractivity contribution in [2.45, 2.75) is 34.2 Å². The highest BCUT2D eigenvalue weighted by molar-refractivity contribution is 5.45. The van der Waals surface area contributed by atoms with E-state index in [9.17, 15) is 0 Å². The predicted octanol–water partition coefficient (Wildman–Crippen LogP) is 2.91. The zero-order valence-corrected chi connectivity index (χ0v) is 11.6. The van der Waals surface area contributed by atoms with E-state index in [1.54, 1.807) is 0 Å². The van der Waals surface area contributed by atoms with Crippen molar-refractivity contribution in [2.75, 3.05) is 6.54 Å². The molecule has 18 heavy (non-hydrogen) atoms. The Morgan fingerprint density at radius 2 is 2.00 bits per heavy atom. The van der Waals surface area contributed by atoms with Crippen LogP contribution in [0.3, 0.4) is 0 Å². The van der Waals surface area contributed by atoms with Crippen LogP contribution in [0.15, 0.2) is 24.5 Å². The van der Waals surface area contributed by atoms with Crippen LogP contribution in [0, 0.1) is 20.8 Å². The molecule has 3 heteroatoms. The van der Waals surface area contributed by atoms with Crippen molar-refractivity contribution >= 4 is 0 Å². The van der Waals surface area contributed by atoms with Gasteiger partial charge in [0.15, 0.2) is 0 Å². The number of aryl methyl sites for hydroxylation is 2. The number of nitrogens with one attached hydrogen (secondary N) is 1. The molecule has 3 nitrogen and oxygen atoms in total. The highest BCUT2D eigenvalue weighted by Crippen LogP contribution is 2.19. The third-order valence-corrected chi connectivity index (χ3v) is 3.31. The lowest BCUT2D eigenvalue weighted by Crippen LogP contribution is -2.14. The van der Waals surface area contributed by atoms with Gasteiger partial charge in [0.25, 0.3) is 0 Å². The van der Waals surface area contributed by atoms with E-state index in [4.69, 9.17) is 0 Å². The SMILES string of the molecule is CCNCc1cc(C)ccc1-n1cnc(C)c1C. The second-order valence-electron chi connectivity index (χ2n) is 4.70. The molecule has 1 N–H and O–H groups in total. The molecule has 0 radical (unpaired) electrons. The summed E-state index contributed by atoms with van der Waals surface area (Å²) in [4.78, 5) is 4.38. The van der Waals surface area contributed by atoms with Gasteiger partial charge < -0.3 is 9.88 Å². The third-order valence-electron chi connectivity index (χ3n) is 3.31. The smallest absolute Gasteiger partial charge is 0.0997 e. The van der Waals surface area contributed by atoms with E-state index in [0.29, 0.717) is 0 Å². The summed E-state index contributed by atoms with van der Waals surface area (Å²) in [6.07, 6.45) is 1.91. The summed E-state index contributed by atoms with van der Waals surface area (Å²) in [6.45, 7) is 10.3. The lowest BCUT2D eigenvalue weighted by atomic mass is 10.1. The minimum Gasteiger partial charge on any atom is -0.313 e. The number of hydrogen-bond donors (Lipinski definition) is 1.